The molecule has 0 bridgehead atoms. The van der Waals surface area contributed by atoms with Gasteiger partial charge in [-0.3, -0.25) is 4.79 Å². The van der Waals surface area contributed by atoms with Crippen molar-refractivity contribution < 1.29 is 4.74 Å². The first kappa shape index (κ1) is 13.1. The third-order valence-electron chi connectivity index (χ3n) is 3.46. The van der Waals surface area contributed by atoms with Gasteiger partial charge in [0.2, 0.25) is 0 Å². The monoisotopic (exact) mass is 270 g/mol. The van der Waals surface area contributed by atoms with Crippen LogP contribution in [0.3, 0.4) is 0 Å². The van der Waals surface area contributed by atoms with Crippen LogP contribution in [0.4, 0.5) is 0 Å². The van der Waals surface area contributed by atoms with Gasteiger partial charge in [-0.25, -0.2) is 4.98 Å². The molecule has 0 aliphatic heterocycles. The van der Waals surface area contributed by atoms with Crippen LogP contribution in [0.5, 0.6) is 0 Å². The Morgan fingerprint density at radius 1 is 1.35 bits per heavy atom. The molecule has 0 radical (unpaired) electrons. The third kappa shape index (κ3) is 2.80. The number of nitrogens with one attached hydrogen (secondary N) is 1. The summed E-state index contributed by atoms with van der Waals surface area (Å²) in [6.07, 6.45) is 1.94. The van der Waals surface area contributed by atoms with Crippen molar-refractivity contribution >= 4 is 0 Å². The van der Waals surface area contributed by atoms with Crippen molar-refractivity contribution in [2.45, 2.75) is 31.8 Å². The number of nitrogens with zero attached hydrogens (tertiary/aromatic N) is 1. The first-order valence-electron chi connectivity index (χ1n) is 7.05. The smallest absolute Gasteiger partial charge is 0.251 e. The molecule has 1 aromatic carbocycles. The Hall–Kier alpha value is -1.94. The number of H-pyrrole nitrogens is 1. The standard InChI is InChI=1S/C16H18N2O2/c1-2-20-15(12-6-4-3-5-7-12)16-17-13(11-8-9-11)10-14(19)18-16/h3-7,10-11,15H,2,8-9H2,1H3,(H,17,18,19). The van der Waals surface area contributed by atoms with Gasteiger partial charge in [-0.1, -0.05) is 30.3 Å². The van der Waals surface area contributed by atoms with Crippen molar-refractivity contribution in [3.63, 3.8) is 0 Å². The molecule has 1 saturated carbocycles. The molecule has 1 unspecified atom stereocenters. The van der Waals surface area contributed by atoms with Crippen LogP contribution in [0.1, 0.15) is 48.9 Å². The molecule has 4 heteroatoms. The van der Waals surface area contributed by atoms with E-state index < -0.39 is 0 Å². The van der Waals surface area contributed by atoms with Crippen LogP contribution in [-0.4, -0.2) is 16.6 Å². The van der Waals surface area contributed by atoms with Crippen molar-refractivity contribution in [1.29, 1.82) is 0 Å². The fourth-order valence-corrected chi connectivity index (χ4v) is 2.34. The minimum Gasteiger partial charge on any atom is -0.366 e. The number of hydrogen-bond donors (Lipinski definition) is 1. The zero-order valence-electron chi connectivity index (χ0n) is 11.5. The van der Waals surface area contributed by atoms with E-state index in [1.165, 1.54) is 0 Å². The Bertz CT molecular complexity index is 632. The van der Waals surface area contributed by atoms with Crippen LogP contribution in [0, 0.1) is 0 Å². The van der Waals surface area contributed by atoms with E-state index in [0.29, 0.717) is 18.3 Å². The fourth-order valence-electron chi connectivity index (χ4n) is 2.34. The van der Waals surface area contributed by atoms with Crippen LogP contribution >= 0.6 is 0 Å². The zero-order chi connectivity index (χ0) is 13.9. The first-order chi connectivity index (χ1) is 9.78. The Morgan fingerprint density at radius 3 is 2.75 bits per heavy atom. The van der Waals surface area contributed by atoms with E-state index in [2.05, 4.69) is 9.97 Å². The number of aromatic nitrogens is 2. The van der Waals surface area contributed by atoms with Gasteiger partial charge in [0.1, 0.15) is 11.9 Å². The van der Waals surface area contributed by atoms with Crippen LogP contribution in [0.2, 0.25) is 0 Å². The maximum absolute atomic E-state index is 11.8. The second-order valence-corrected chi connectivity index (χ2v) is 5.08. The number of ether oxygens (including phenoxy) is 1. The number of rotatable bonds is 5. The van der Waals surface area contributed by atoms with Crippen molar-refractivity contribution in [1.82, 2.24) is 9.97 Å². The van der Waals surface area contributed by atoms with Crippen LogP contribution < -0.4 is 5.56 Å². The molecule has 0 amide bonds. The minimum absolute atomic E-state index is 0.0995. The maximum Gasteiger partial charge on any atom is 0.251 e. The van der Waals surface area contributed by atoms with Gasteiger partial charge in [0.25, 0.3) is 5.56 Å². The van der Waals surface area contributed by atoms with Gasteiger partial charge in [-0.2, -0.15) is 0 Å². The Balaban J connectivity index is 2.00. The molecule has 1 aliphatic carbocycles. The third-order valence-corrected chi connectivity index (χ3v) is 3.46. The van der Waals surface area contributed by atoms with Crippen molar-refractivity contribution in [3.8, 4) is 0 Å². The zero-order valence-corrected chi connectivity index (χ0v) is 11.5. The van der Waals surface area contributed by atoms with E-state index in [9.17, 15) is 4.79 Å². The van der Waals surface area contributed by atoms with Gasteiger partial charge in [-0.05, 0) is 25.3 Å². The lowest BCUT2D eigenvalue weighted by Crippen LogP contribution is -2.18. The predicted octanol–water partition coefficient (Wildman–Crippen LogP) is 2.77. The molecule has 0 saturated heterocycles. The average molecular weight is 270 g/mol. The summed E-state index contributed by atoms with van der Waals surface area (Å²) < 4.78 is 5.79. The van der Waals surface area contributed by atoms with E-state index in [4.69, 9.17) is 4.74 Å². The van der Waals surface area contributed by atoms with E-state index in [-0.39, 0.29) is 11.7 Å². The van der Waals surface area contributed by atoms with Crippen molar-refractivity contribution in [3.05, 3.63) is 63.8 Å². The Labute approximate surface area is 117 Å². The molecular weight excluding hydrogens is 252 g/mol. The van der Waals surface area contributed by atoms with Crippen LogP contribution in [0.25, 0.3) is 0 Å². The van der Waals surface area contributed by atoms with E-state index in [0.717, 1.165) is 24.1 Å². The number of aromatic amines is 1. The van der Waals surface area contributed by atoms with Crippen molar-refractivity contribution in [2.75, 3.05) is 6.61 Å². The normalized spacial score (nSPS) is 16.1. The summed E-state index contributed by atoms with van der Waals surface area (Å²) in [6.45, 7) is 2.51. The largest absolute Gasteiger partial charge is 0.366 e. The van der Waals surface area contributed by atoms with Gasteiger partial charge < -0.3 is 9.72 Å². The van der Waals surface area contributed by atoms with Gasteiger partial charge >= 0.3 is 0 Å². The lowest BCUT2D eigenvalue weighted by Gasteiger charge is -2.17. The molecule has 2 aromatic rings. The summed E-state index contributed by atoms with van der Waals surface area (Å²) in [5.41, 5.74) is 1.80. The number of benzene rings is 1. The summed E-state index contributed by atoms with van der Waals surface area (Å²) in [5, 5.41) is 0. The molecule has 1 heterocycles. The molecule has 1 fully saturated rings. The topological polar surface area (TPSA) is 55.0 Å². The fraction of sp³-hybridized carbons (Fsp3) is 0.375. The average Bonchev–Trinajstić information content (AvgIpc) is 3.29. The van der Waals surface area contributed by atoms with Crippen molar-refractivity contribution in [2.24, 2.45) is 0 Å². The molecule has 1 aromatic heterocycles. The summed E-state index contributed by atoms with van der Waals surface area (Å²) in [4.78, 5) is 19.3. The Morgan fingerprint density at radius 2 is 2.10 bits per heavy atom. The predicted molar refractivity (Wildman–Crippen MR) is 76.7 cm³/mol. The molecule has 1 atom stereocenters. The highest BCUT2D eigenvalue weighted by molar-refractivity contribution is 5.24. The van der Waals surface area contributed by atoms with Gasteiger partial charge in [-0.15, -0.1) is 0 Å². The number of hydrogen-bond acceptors (Lipinski definition) is 3. The summed E-state index contributed by atoms with van der Waals surface area (Å²) >= 11 is 0. The molecule has 1 N–H and O–H groups in total. The summed E-state index contributed by atoms with van der Waals surface area (Å²) in [6, 6.07) is 11.5. The molecule has 20 heavy (non-hydrogen) atoms. The summed E-state index contributed by atoms with van der Waals surface area (Å²) in [7, 11) is 0. The SMILES string of the molecule is CCOC(c1ccccc1)c1nc(C2CC2)cc(=O)[nH]1. The highest BCUT2D eigenvalue weighted by Crippen LogP contribution is 2.38. The molecule has 3 rings (SSSR count). The van der Waals surface area contributed by atoms with E-state index >= 15 is 0 Å². The minimum atomic E-state index is -0.312. The highest BCUT2D eigenvalue weighted by atomic mass is 16.5. The molecule has 104 valence electrons. The maximum atomic E-state index is 11.8. The van der Waals surface area contributed by atoms with Crippen LogP contribution in [-0.2, 0) is 4.74 Å². The lowest BCUT2D eigenvalue weighted by molar-refractivity contribution is 0.0847. The molecule has 0 spiro atoms. The van der Waals surface area contributed by atoms with Gasteiger partial charge in [0, 0.05) is 18.6 Å². The van der Waals surface area contributed by atoms with E-state index in [1.807, 2.05) is 37.3 Å². The first-order valence-corrected chi connectivity index (χ1v) is 7.05. The molecular formula is C16H18N2O2. The van der Waals surface area contributed by atoms with Gasteiger partial charge in [0.15, 0.2) is 0 Å². The van der Waals surface area contributed by atoms with Gasteiger partial charge in [0.05, 0.1) is 5.69 Å². The molecule has 1 aliphatic rings. The second-order valence-electron chi connectivity index (χ2n) is 5.08. The molecule has 4 nitrogen and oxygen atoms in total. The summed E-state index contributed by atoms with van der Waals surface area (Å²) in [5.74, 6) is 1.06. The lowest BCUT2D eigenvalue weighted by atomic mass is 10.1. The highest BCUT2D eigenvalue weighted by Gasteiger charge is 2.27. The van der Waals surface area contributed by atoms with Crippen LogP contribution in [0.15, 0.2) is 41.2 Å². The van der Waals surface area contributed by atoms with E-state index in [1.54, 1.807) is 6.07 Å². The Kier molecular flexibility index (Phi) is 3.65. The second kappa shape index (κ2) is 5.59. The quantitative estimate of drug-likeness (QED) is 0.909.